The van der Waals surface area contributed by atoms with Gasteiger partial charge in [0.25, 0.3) is 0 Å². The van der Waals surface area contributed by atoms with Crippen molar-refractivity contribution in [2.45, 2.75) is 13.3 Å². The molecule has 0 atom stereocenters. The van der Waals surface area contributed by atoms with Crippen LogP contribution in [-0.4, -0.2) is 39.3 Å². The Morgan fingerprint density at radius 3 is 3.17 bits per heavy atom. The van der Waals surface area contributed by atoms with Crippen molar-refractivity contribution in [3.63, 3.8) is 0 Å². The van der Waals surface area contributed by atoms with Crippen LogP contribution in [-0.2, 0) is 9.53 Å². The van der Waals surface area contributed by atoms with Gasteiger partial charge in [-0.2, -0.15) is 15.1 Å². The molecule has 8 nitrogen and oxygen atoms in total. The number of carbonyl (C=O) groups excluding carboxylic acids is 1. The molecule has 2 aromatic heterocycles. The summed E-state index contributed by atoms with van der Waals surface area (Å²) in [6.45, 7) is 2.56. The molecular weight excluding hydrogens is 236 g/mol. The Labute approximate surface area is 103 Å². The van der Waals surface area contributed by atoms with Gasteiger partial charge in [-0.3, -0.25) is 9.89 Å². The third-order valence-electron chi connectivity index (χ3n) is 2.25. The molecule has 0 aliphatic heterocycles. The van der Waals surface area contributed by atoms with Gasteiger partial charge in [0, 0.05) is 6.54 Å². The number of aromatic nitrogens is 4. The summed E-state index contributed by atoms with van der Waals surface area (Å²) in [5, 5.41) is 10.3. The number of nitrogens with one attached hydrogen (secondary N) is 2. The van der Waals surface area contributed by atoms with Crippen molar-refractivity contribution in [1.82, 2.24) is 20.2 Å². The van der Waals surface area contributed by atoms with Gasteiger partial charge in [0.05, 0.1) is 24.6 Å². The van der Waals surface area contributed by atoms with Gasteiger partial charge < -0.3 is 15.8 Å². The summed E-state index contributed by atoms with van der Waals surface area (Å²) in [4.78, 5) is 19.2. The first-order chi connectivity index (χ1) is 8.70. The minimum Gasteiger partial charge on any atom is -0.466 e. The highest BCUT2D eigenvalue weighted by Gasteiger charge is 2.08. The van der Waals surface area contributed by atoms with E-state index in [1.54, 1.807) is 13.1 Å². The highest BCUT2D eigenvalue weighted by molar-refractivity contribution is 5.86. The second-order valence-electron chi connectivity index (χ2n) is 3.54. The van der Waals surface area contributed by atoms with Gasteiger partial charge in [0.15, 0.2) is 5.65 Å². The molecule has 0 aliphatic rings. The van der Waals surface area contributed by atoms with Crippen molar-refractivity contribution in [3.8, 4) is 0 Å². The SMILES string of the molecule is CCOC(=O)CCNc1nc(N)nc2[nH]ncc12. The smallest absolute Gasteiger partial charge is 0.307 e. The van der Waals surface area contributed by atoms with Crippen molar-refractivity contribution in [2.75, 3.05) is 24.2 Å². The average Bonchev–Trinajstić information content (AvgIpc) is 2.77. The quantitative estimate of drug-likeness (QED) is 0.653. The number of carbonyl (C=O) groups is 1. The second kappa shape index (κ2) is 5.30. The summed E-state index contributed by atoms with van der Waals surface area (Å²) < 4.78 is 4.82. The van der Waals surface area contributed by atoms with E-state index >= 15 is 0 Å². The lowest BCUT2D eigenvalue weighted by Crippen LogP contribution is -2.12. The maximum Gasteiger partial charge on any atom is 0.307 e. The van der Waals surface area contributed by atoms with Crippen LogP contribution in [0.3, 0.4) is 0 Å². The Bertz CT molecular complexity index is 552. The number of aromatic amines is 1. The summed E-state index contributed by atoms with van der Waals surface area (Å²) in [5.41, 5.74) is 6.12. The summed E-state index contributed by atoms with van der Waals surface area (Å²) in [7, 11) is 0. The van der Waals surface area contributed by atoms with Crippen LogP contribution in [0.4, 0.5) is 11.8 Å². The zero-order valence-corrected chi connectivity index (χ0v) is 9.93. The normalized spacial score (nSPS) is 10.5. The predicted molar refractivity (Wildman–Crippen MR) is 65.8 cm³/mol. The fraction of sp³-hybridized carbons (Fsp3) is 0.400. The summed E-state index contributed by atoms with van der Waals surface area (Å²) in [5.74, 6) is 0.441. The first-order valence-corrected chi connectivity index (χ1v) is 5.56. The number of nitrogens with zero attached hydrogens (tertiary/aromatic N) is 3. The Morgan fingerprint density at radius 2 is 2.39 bits per heavy atom. The molecule has 0 saturated heterocycles. The molecule has 0 spiro atoms. The van der Waals surface area contributed by atoms with Gasteiger partial charge in [-0.05, 0) is 6.92 Å². The van der Waals surface area contributed by atoms with Crippen LogP contribution >= 0.6 is 0 Å². The van der Waals surface area contributed by atoms with E-state index in [4.69, 9.17) is 10.5 Å². The minimum absolute atomic E-state index is 0.144. The molecule has 0 aliphatic carbocycles. The first-order valence-electron chi connectivity index (χ1n) is 5.56. The topological polar surface area (TPSA) is 119 Å². The Kier molecular flexibility index (Phi) is 3.56. The lowest BCUT2D eigenvalue weighted by molar-refractivity contribution is -0.142. The zero-order chi connectivity index (χ0) is 13.0. The van der Waals surface area contributed by atoms with E-state index in [1.165, 1.54) is 0 Å². The molecule has 0 unspecified atom stereocenters. The average molecular weight is 250 g/mol. The van der Waals surface area contributed by atoms with E-state index < -0.39 is 0 Å². The maximum absolute atomic E-state index is 11.2. The number of hydrogen-bond donors (Lipinski definition) is 3. The molecule has 0 radical (unpaired) electrons. The van der Waals surface area contributed by atoms with E-state index in [1.807, 2.05) is 0 Å². The standard InChI is InChI=1S/C10H14N6O2/c1-2-18-7(17)3-4-12-8-6-5-13-16-9(6)15-10(11)14-8/h5H,2-4H2,1H3,(H4,11,12,13,14,15,16). The Hall–Kier alpha value is -2.38. The van der Waals surface area contributed by atoms with E-state index in [2.05, 4.69) is 25.5 Å². The zero-order valence-electron chi connectivity index (χ0n) is 9.93. The summed E-state index contributed by atoms with van der Waals surface area (Å²) >= 11 is 0. The molecule has 0 saturated carbocycles. The molecule has 0 bridgehead atoms. The molecule has 0 fully saturated rings. The van der Waals surface area contributed by atoms with Gasteiger partial charge in [-0.15, -0.1) is 0 Å². The third-order valence-corrected chi connectivity index (χ3v) is 2.25. The molecule has 96 valence electrons. The molecule has 8 heteroatoms. The largest absolute Gasteiger partial charge is 0.466 e. The van der Waals surface area contributed by atoms with Crippen LogP contribution in [0.2, 0.25) is 0 Å². The number of esters is 1. The lowest BCUT2D eigenvalue weighted by Gasteiger charge is -2.06. The maximum atomic E-state index is 11.2. The van der Waals surface area contributed by atoms with Crippen LogP contribution in [0.25, 0.3) is 11.0 Å². The van der Waals surface area contributed by atoms with Crippen LogP contribution in [0, 0.1) is 0 Å². The number of rotatable bonds is 5. The van der Waals surface area contributed by atoms with Gasteiger partial charge >= 0.3 is 5.97 Å². The van der Waals surface area contributed by atoms with Gasteiger partial charge in [0.1, 0.15) is 5.82 Å². The van der Waals surface area contributed by atoms with E-state index in [-0.39, 0.29) is 18.3 Å². The predicted octanol–water partition coefficient (Wildman–Crippen LogP) is 0.300. The third kappa shape index (κ3) is 2.65. The van der Waals surface area contributed by atoms with Crippen LogP contribution in [0.5, 0.6) is 0 Å². The number of ether oxygens (including phenoxy) is 1. The molecule has 2 rings (SSSR count). The fourth-order valence-corrected chi connectivity index (χ4v) is 1.50. The number of H-pyrrole nitrogens is 1. The monoisotopic (exact) mass is 250 g/mol. The highest BCUT2D eigenvalue weighted by atomic mass is 16.5. The second-order valence-corrected chi connectivity index (χ2v) is 3.54. The van der Waals surface area contributed by atoms with Crippen molar-refractivity contribution in [1.29, 1.82) is 0 Å². The molecule has 2 aromatic rings. The molecule has 0 amide bonds. The highest BCUT2D eigenvalue weighted by Crippen LogP contribution is 2.18. The number of anilines is 2. The van der Waals surface area contributed by atoms with Crippen molar-refractivity contribution in [3.05, 3.63) is 6.20 Å². The summed E-state index contributed by atoms with van der Waals surface area (Å²) in [6.07, 6.45) is 1.86. The van der Waals surface area contributed by atoms with Gasteiger partial charge in [-0.25, -0.2) is 0 Å². The molecular formula is C10H14N6O2. The van der Waals surface area contributed by atoms with Crippen molar-refractivity contribution in [2.24, 2.45) is 0 Å². The first kappa shape index (κ1) is 12.1. The van der Waals surface area contributed by atoms with Crippen LogP contribution in [0.1, 0.15) is 13.3 Å². The Morgan fingerprint density at radius 1 is 1.56 bits per heavy atom. The van der Waals surface area contributed by atoms with E-state index in [9.17, 15) is 4.79 Å². The lowest BCUT2D eigenvalue weighted by atomic mass is 10.3. The Balaban J connectivity index is 2.03. The molecule has 18 heavy (non-hydrogen) atoms. The minimum atomic E-state index is -0.254. The fourth-order valence-electron chi connectivity index (χ4n) is 1.50. The van der Waals surface area contributed by atoms with Crippen LogP contribution < -0.4 is 11.1 Å². The molecule has 2 heterocycles. The van der Waals surface area contributed by atoms with E-state index in [0.29, 0.717) is 24.6 Å². The van der Waals surface area contributed by atoms with Gasteiger partial charge in [-0.1, -0.05) is 0 Å². The van der Waals surface area contributed by atoms with E-state index in [0.717, 1.165) is 5.39 Å². The molecule has 0 aromatic carbocycles. The number of hydrogen-bond acceptors (Lipinski definition) is 7. The van der Waals surface area contributed by atoms with Crippen molar-refractivity contribution < 1.29 is 9.53 Å². The summed E-state index contributed by atoms with van der Waals surface area (Å²) in [6, 6.07) is 0. The molecule has 4 N–H and O–H groups in total. The van der Waals surface area contributed by atoms with Crippen molar-refractivity contribution >= 4 is 28.8 Å². The number of fused-ring (bicyclic) bond motifs is 1. The number of nitrogens with two attached hydrogens (primary N) is 1. The number of nitrogen functional groups attached to an aromatic ring is 1. The van der Waals surface area contributed by atoms with Gasteiger partial charge in [0.2, 0.25) is 5.95 Å². The van der Waals surface area contributed by atoms with Crippen LogP contribution in [0.15, 0.2) is 6.20 Å².